The van der Waals surface area contributed by atoms with Crippen LogP contribution in [-0.2, 0) is 16.6 Å². The lowest BCUT2D eigenvalue weighted by Gasteiger charge is -2.40. The summed E-state index contributed by atoms with van der Waals surface area (Å²) in [5, 5.41) is 0. The SMILES string of the molecule is CCN1CCN(C(=O)CC[C@H]2CCCCO2)C[C@H]1c1nccn1C. The van der Waals surface area contributed by atoms with Crippen molar-refractivity contribution < 1.29 is 9.53 Å². The molecule has 0 bridgehead atoms. The highest BCUT2D eigenvalue weighted by Crippen LogP contribution is 2.25. The predicted octanol–water partition coefficient (Wildman–Crippen LogP) is 1.97. The molecule has 2 atom stereocenters. The van der Waals surface area contributed by atoms with E-state index in [0.29, 0.717) is 6.42 Å². The van der Waals surface area contributed by atoms with Gasteiger partial charge in [-0.1, -0.05) is 6.92 Å². The predicted molar refractivity (Wildman–Crippen MR) is 92.6 cm³/mol. The van der Waals surface area contributed by atoms with Crippen LogP contribution in [0.5, 0.6) is 0 Å². The van der Waals surface area contributed by atoms with Gasteiger partial charge >= 0.3 is 0 Å². The quantitative estimate of drug-likeness (QED) is 0.826. The highest BCUT2D eigenvalue weighted by atomic mass is 16.5. The van der Waals surface area contributed by atoms with E-state index in [1.807, 2.05) is 24.3 Å². The lowest BCUT2D eigenvalue weighted by atomic mass is 10.0. The average molecular weight is 334 g/mol. The summed E-state index contributed by atoms with van der Waals surface area (Å²) in [7, 11) is 2.03. The second-order valence-electron chi connectivity index (χ2n) is 6.91. The van der Waals surface area contributed by atoms with Crippen molar-refractivity contribution in [1.82, 2.24) is 19.4 Å². The molecule has 3 heterocycles. The van der Waals surface area contributed by atoms with Gasteiger partial charge in [0.15, 0.2) is 0 Å². The molecule has 2 fully saturated rings. The monoisotopic (exact) mass is 334 g/mol. The van der Waals surface area contributed by atoms with Gasteiger partial charge in [0.1, 0.15) is 5.82 Å². The fourth-order valence-corrected chi connectivity index (χ4v) is 3.85. The van der Waals surface area contributed by atoms with Crippen molar-refractivity contribution in [3.05, 3.63) is 18.2 Å². The molecule has 134 valence electrons. The van der Waals surface area contributed by atoms with E-state index in [0.717, 1.165) is 57.9 Å². The first kappa shape index (κ1) is 17.4. The van der Waals surface area contributed by atoms with Crippen molar-refractivity contribution in [2.24, 2.45) is 7.05 Å². The van der Waals surface area contributed by atoms with Crippen molar-refractivity contribution in [2.45, 2.75) is 51.2 Å². The van der Waals surface area contributed by atoms with Crippen LogP contribution < -0.4 is 0 Å². The minimum atomic E-state index is 0.193. The summed E-state index contributed by atoms with van der Waals surface area (Å²) in [6, 6.07) is 0.193. The number of nitrogens with zero attached hydrogens (tertiary/aromatic N) is 4. The Kier molecular flexibility index (Phi) is 5.89. The van der Waals surface area contributed by atoms with E-state index in [-0.39, 0.29) is 18.1 Å². The van der Waals surface area contributed by atoms with Crippen LogP contribution >= 0.6 is 0 Å². The molecule has 0 radical (unpaired) electrons. The van der Waals surface area contributed by atoms with Gasteiger partial charge in [0, 0.05) is 52.1 Å². The molecule has 0 unspecified atom stereocenters. The smallest absolute Gasteiger partial charge is 0.222 e. The fourth-order valence-electron chi connectivity index (χ4n) is 3.85. The van der Waals surface area contributed by atoms with Crippen LogP contribution in [0.3, 0.4) is 0 Å². The minimum absolute atomic E-state index is 0.193. The van der Waals surface area contributed by atoms with Gasteiger partial charge in [0.05, 0.1) is 12.1 Å². The Morgan fingerprint density at radius 3 is 2.92 bits per heavy atom. The summed E-state index contributed by atoms with van der Waals surface area (Å²) in [5.41, 5.74) is 0. The molecular formula is C18H30N4O2. The third kappa shape index (κ3) is 3.98. The van der Waals surface area contributed by atoms with Crippen LogP contribution in [0, 0.1) is 0 Å². The van der Waals surface area contributed by atoms with Crippen molar-refractivity contribution in [1.29, 1.82) is 0 Å². The number of aryl methyl sites for hydroxylation is 1. The Labute approximate surface area is 144 Å². The maximum absolute atomic E-state index is 12.7. The largest absolute Gasteiger partial charge is 0.378 e. The van der Waals surface area contributed by atoms with E-state index < -0.39 is 0 Å². The number of piperazine rings is 1. The number of rotatable bonds is 5. The molecule has 1 amide bonds. The topological polar surface area (TPSA) is 50.6 Å². The van der Waals surface area contributed by atoms with E-state index in [2.05, 4.69) is 21.4 Å². The molecular weight excluding hydrogens is 304 g/mol. The molecule has 0 aromatic carbocycles. The molecule has 6 heteroatoms. The number of aromatic nitrogens is 2. The zero-order chi connectivity index (χ0) is 16.9. The summed E-state index contributed by atoms with van der Waals surface area (Å²) >= 11 is 0. The van der Waals surface area contributed by atoms with Gasteiger partial charge in [-0.05, 0) is 32.2 Å². The van der Waals surface area contributed by atoms with Gasteiger partial charge in [0.2, 0.25) is 5.91 Å². The van der Waals surface area contributed by atoms with Crippen LogP contribution in [0.4, 0.5) is 0 Å². The van der Waals surface area contributed by atoms with Crippen LogP contribution in [0.15, 0.2) is 12.4 Å². The fraction of sp³-hybridized carbons (Fsp3) is 0.778. The summed E-state index contributed by atoms with van der Waals surface area (Å²) in [4.78, 5) is 21.6. The standard InChI is InChI=1S/C18H30N4O2/c1-3-21-11-12-22(14-16(21)18-19-9-10-20(18)2)17(23)8-7-15-6-4-5-13-24-15/h9-10,15-16H,3-8,11-14H2,1-2H3/t15-,16+/m1/s1. The Balaban J connectivity index is 1.57. The van der Waals surface area contributed by atoms with Crippen molar-refractivity contribution in [3.8, 4) is 0 Å². The molecule has 3 rings (SSSR count). The number of ether oxygens (including phenoxy) is 1. The molecule has 0 aliphatic carbocycles. The second kappa shape index (κ2) is 8.12. The van der Waals surface area contributed by atoms with E-state index in [4.69, 9.17) is 4.74 Å². The molecule has 0 saturated carbocycles. The van der Waals surface area contributed by atoms with Crippen LogP contribution in [-0.4, -0.2) is 64.1 Å². The van der Waals surface area contributed by atoms with Crippen molar-refractivity contribution in [2.75, 3.05) is 32.8 Å². The normalized spacial score (nSPS) is 25.8. The maximum Gasteiger partial charge on any atom is 0.222 e. The Morgan fingerprint density at radius 2 is 2.25 bits per heavy atom. The number of hydrogen-bond donors (Lipinski definition) is 0. The molecule has 1 aromatic heterocycles. The third-order valence-corrected chi connectivity index (χ3v) is 5.36. The first-order valence-corrected chi connectivity index (χ1v) is 9.29. The van der Waals surface area contributed by atoms with Crippen LogP contribution in [0.2, 0.25) is 0 Å². The Morgan fingerprint density at radius 1 is 1.38 bits per heavy atom. The molecule has 24 heavy (non-hydrogen) atoms. The number of likely N-dealkylation sites (N-methyl/N-ethyl adjacent to an activating group) is 1. The molecule has 0 spiro atoms. The zero-order valence-corrected chi connectivity index (χ0v) is 15.0. The van der Waals surface area contributed by atoms with Crippen LogP contribution in [0.25, 0.3) is 0 Å². The summed E-state index contributed by atoms with van der Waals surface area (Å²) in [6.45, 7) is 6.49. The van der Waals surface area contributed by atoms with Gasteiger partial charge in [-0.3, -0.25) is 9.69 Å². The summed E-state index contributed by atoms with van der Waals surface area (Å²) in [6.07, 6.45) is 9.06. The van der Waals surface area contributed by atoms with Gasteiger partial charge in [-0.2, -0.15) is 0 Å². The second-order valence-corrected chi connectivity index (χ2v) is 6.91. The van der Waals surface area contributed by atoms with Crippen molar-refractivity contribution >= 4 is 5.91 Å². The third-order valence-electron chi connectivity index (χ3n) is 5.36. The molecule has 2 saturated heterocycles. The summed E-state index contributed by atoms with van der Waals surface area (Å²) in [5.74, 6) is 1.31. The van der Waals surface area contributed by atoms with Gasteiger partial charge in [0.25, 0.3) is 0 Å². The van der Waals surface area contributed by atoms with E-state index in [1.54, 1.807) is 0 Å². The first-order valence-electron chi connectivity index (χ1n) is 9.29. The highest BCUT2D eigenvalue weighted by molar-refractivity contribution is 5.76. The Bertz CT molecular complexity index is 539. The van der Waals surface area contributed by atoms with Gasteiger partial charge < -0.3 is 14.2 Å². The molecule has 2 aliphatic rings. The number of carbonyl (C=O) groups is 1. The number of amides is 1. The van der Waals surface area contributed by atoms with E-state index in [9.17, 15) is 4.79 Å². The zero-order valence-electron chi connectivity index (χ0n) is 15.0. The lowest BCUT2D eigenvalue weighted by Crippen LogP contribution is -2.51. The molecule has 6 nitrogen and oxygen atoms in total. The number of hydrogen-bond acceptors (Lipinski definition) is 4. The van der Waals surface area contributed by atoms with E-state index in [1.165, 1.54) is 6.42 Å². The molecule has 2 aliphatic heterocycles. The van der Waals surface area contributed by atoms with Crippen molar-refractivity contribution in [3.63, 3.8) is 0 Å². The molecule has 0 N–H and O–H groups in total. The average Bonchev–Trinajstić information content (AvgIpc) is 3.05. The number of carbonyl (C=O) groups excluding carboxylic acids is 1. The van der Waals surface area contributed by atoms with E-state index >= 15 is 0 Å². The first-order chi connectivity index (χ1) is 11.7. The summed E-state index contributed by atoms with van der Waals surface area (Å²) < 4.78 is 7.82. The van der Waals surface area contributed by atoms with Gasteiger partial charge in [-0.25, -0.2) is 4.98 Å². The maximum atomic E-state index is 12.7. The lowest BCUT2D eigenvalue weighted by molar-refractivity contribution is -0.135. The Hall–Kier alpha value is -1.40. The highest BCUT2D eigenvalue weighted by Gasteiger charge is 2.32. The minimum Gasteiger partial charge on any atom is -0.378 e. The number of imidazole rings is 1. The van der Waals surface area contributed by atoms with Gasteiger partial charge in [-0.15, -0.1) is 0 Å². The van der Waals surface area contributed by atoms with Crippen LogP contribution in [0.1, 0.15) is 50.9 Å². The molecule has 1 aromatic rings.